The topological polar surface area (TPSA) is 58.2 Å². The van der Waals surface area contributed by atoms with Crippen LogP contribution in [-0.4, -0.2) is 18.1 Å². The molecular weight excluding hydrogens is 388 g/mol. The molecule has 2 N–H and O–H groups in total. The van der Waals surface area contributed by atoms with E-state index in [1.165, 1.54) is 11.0 Å². The molecule has 4 nitrogen and oxygen atoms in total. The summed E-state index contributed by atoms with van der Waals surface area (Å²) in [5.74, 6) is -0.373. The number of amides is 2. The van der Waals surface area contributed by atoms with Crippen molar-refractivity contribution in [2.45, 2.75) is 11.3 Å². The first kappa shape index (κ1) is 19.9. The first-order valence-corrected chi connectivity index (χ1v) is 10.8. The predicted molar refractivity (Wildman–Crippen MR) is 119 cm³/mol. The Morgan fingerprint density at radius 1 is 0.964 bits per heavy atom. The summed E-state index contributed by atoms with van der Waals surface area (Å²) in [6.45, 7) is 0. The van der Waals surface area contributed by atoms with Crippen molar-refractivity contribution in [3.05, 3.63) is 82.6 Å². The summed E-state index contributed by atoms with van der Waals surface area (Å²) in [6, 6.07) is 19.0. The second kappa shape index (κ2) is 9.92. The standard InChI is InChI=1S/C22H20N2O2S2/c1-27-17-11-8-16(9-12-17)10-13-21(25)23-19-6-2-3-7-20(19)24-22(26)15-18-5-4-14-28-18/h2-14H,15H2,1H3,(H,23,25)(H,24,26)/b13-10+. The number of hydrogen-bond acceptors (Lipinski definition) is 4. The van der Waals surface area contributed by atoms with Gasteiger partial charge in [0, 0.05) is 15.8 Å². The highest BCUT2D eigenvalue weighted by atomic mass is 32.2. The van der Waals surface area contributed by atoms with Gasteiger partial charge >= 0.3 is 0 Å². The number of rotatable bonds is 7. The van der Waals surface area contributed by atoms with Crippen LogP contribution in [0, 0.1) is 0 Å². The zero-order chi connectivity index (χ0) is 19.8. The summed E-state index contributed by atoms with van der Waals surface area (Å²) < 4.78 is 0. The van der Waals surface area contributed by atoms with Crippen LogP contribution < -0.4 is 10.6 Å². The molecule has 0 aliphatic carbocycles. The van der Waals surface area contributed by atoms with Gasteiger partial charge < -0.3 is 10.6 Å². The van der Waals surface area contributed by atoms with Crippen molar-refractivity contribution in [2.75, 3.05) is 16.9 Å². The lowest BCUT2D eigenvalue weighted by Crippen LogP contribution is -2.16. The predicted octanol–water partition coefficient (Wildman–Crippen LogP) is 5.30. The van der Waals surface area contributed by atoms with Gasteiger partial charge in [0.15, 0.2) is 0 Å². The number of para-hydroxylation sites is 2. The van der Waals surface area contributed by atoms with E-state index in [1.54, 1.807) is 41.3 Å². The smallest absolute Gasteiger partial charge is 0.248 e. The van der Waals surface area contributed by atoms with E-state index in [-0.39, 0.29) is 11.8 Å². The molecule has 3 aromatic rings. The molecule has 0 bridgehead atoms. The van der Waals surface area contributed by atoms with Gasteiger partial charge in [-0.2, -0.15) is 0 Å². The molecular formula is C22H20N2O2S2. The van der Waals surface area contributed by atoms with Crippen LogP contribution in [0.3, 0.4) is 0 Å². The Morgan fingerprint density at radius 3 is 2.32 bits per heavy atom. The lowest BCUT2D eigenvalue weighted by molar-refractivity contribution is -0.115. The van der Waals surface area contributed by atoms with Crippen LogP contribution in [-0.2, 0) is 16.0 Å². The van der Waals surface area contributed by atoms with Gasteiger partial charge in [-0.05, 0) is 53.6 Å². The van der Waals surface area contributed by atoms with Gasteiger partial charge in [-0.1, -0.05) is 30.3 Å². The first-order chi connectivity index (χ1) is 13.6. The molecule has 142 valence electrons. The maximum atomic E-state index is 12.3. The SMILES string of the molecule is CSc1ccc(/C=C/C(=O)Nc2ccccc2NC(=O)Cc2cccs2)cc1. The highest BCUT2D eigenvalue weighted by Gasteiger charge is 2.09. The van der Waals surface area contributed by atoms with Crippen LogP contribution in [0.2, 0.25) is 0 Å². The summed E-state index contributed by atoms with van der Waals surface area (Å²) in [5.41, 5.74) is 2.09. The molecule has 0 aliphatic rings. The number of hydrogen-bond donors (Lipinski definition) is 2. The molecule has 6 heteroatoms. The Labute approximate surface area is 172 Å². The van der Waals surface area contributed by atoms with Crippen molar-refractivity contribution in [1.82, 2.24) is 0 Å². The van der Waals surface area contributed by atoms with Crippen molar-refractivity contribution in [3.63, 3.8) is 0 Å². The largest absolute Gasteiger partial charge is 0.324 e. The van der Waals surface area contributed by atoms with E-state index < -0.39 is 0 Å². The number of thioether (sulfide) groups is 1. The quantitative estimate of drug-likeness (QED) is 0.412. The Kier molecular flexibility index (Phi) is 7.06. The van der Waals surface area contributed by atoms with E-state index in [0.717, 1.165) is 10.4 Å². The van der Waals surface area contributed by atoms with E-state index in [2.05, 4.69) is 10.6 Å². The molecule has 0 unspecified atom stereocenters. The fraction of sp³-hybridized carbons (Fsp3) is 0.0909. The maximum absolute atomic E-state index is 12.3. The molecule has 2 aromatic carbocycles. The van der Waals surface area contributed by atoms with Crippen molar-refractivity contribution in [2.24, 2.45) is 0 Å². The highest BCUT2D eigenvalue weighted by molar-refractivity contribution is 7.98. The fourth-order valence-corrected chi connectivity index (χ4v) is 3.64. The van der Waals surface area contributed by atoms with Gasteiger partial charge in [-0.15, -0.1) is 23.1 Å². The van der Waals surface area contributed by atoms with Crippen LogP contribution in [0.15, 0.2) is 77.0 Å². The van der Waals surface area contributed by atoms with Gasteiger partial charge in [-0.25, -0.2) is 0 Å². The van der Waals surface area contributed by atoms with E-state index in [4.69, 9.17) is 0 Å². The maximum Gasteiger partial charge on any atom is 0.248 e. The minimum Gasteiger partial charge on any atom is -0.324 e. The van der Waals surface area contributed by atoms with Gasteiger partial charge in [-0.3, -0.25) is 9.59 Å². The van der Waals surface area contributed by atoms with Gasteiger partial charge in [0.2, 0.25) is 11.8 Å². The number of benzene rings is 2. The van der Waals surface area contributed by atoms with Crippen LogP contribution in [0.1, 0.15) is 10.4 Å². The van der Waals surface area contributed by atoms with Crippen molar-refractivity contribution in [3.8, 4) is 0 Å². The minimum absolute atomic E-state index is 0.117. The van der Waals surface area contributed by atoms with E-state index in [9.17, 15) is 9.59 Å². The number of anilines is 2. The Morgan fingerprint density at radius 2 is 1.68 bits per heavy atom. The molecule has 3 rings (SSSR count). The van der Waals surface area contributed by atoms with Crippen molar-refractivity contribution in [1.29, 1.82) is 0 Å². The molecule has 0 radical (unpaired) electrons. The third-order valence-electron chi connectivity index (χ3n) is 3.92. The van der Waals surface area contributed by atoms with Gasteiger partial charge in [0.1, 0.15) is 0 Å². The van der Waals surface area contributed by atoms with Gasteiger partial charge in [0.25, 0.3) is 0 Å². The fourth-order valence-electron chi connectivity index (χ4n) is 2.53. The monoisotopic (exact) mass is 408 g/mol. The van der Waals surface area contributed by atoms with Crippen LogP contribution in [0.25, 0.3) is 6.08 Å². The Balaban J connectivity index is 1.62. The second-order valence-electron chi connectivity index (χ2n) is 5.95. The summed E-state index contributed by atoms with van der Waals surface area (Å²) in [7, 11) is 0. The number of nitrogens with one attached hydrogen (secondary N) is 2. The molecule has 0 atom stereocenters. The van der Waals surface area contributed by atoms with E-state index in [1.807, 2.05) is 60.2 Å². The highest BCUT2D eigenvalue weighted by Crippen LogP contribution is 2.22. The lowest BCUT2D eigenvalue weighted by atomic mass is 10.2. The molecule has 1 heterocycles. The number of carbonyl (C=O) groups is 2. The second-order valence-corrected chi connectivity index (χ2v) is 7.86. The Bertz CT molecular complexity index is 964. The average Bonchev–Trinajstić information content (AvgIpc) is 3.21. The average molecular weight is 409 g/mol. The lowest BCUT2D eigenvalue weighted by Gasteiger charge is -2.11. The van der Waals surface area contributed by atoms with Crippen molar-refractivity contribution < 1.29 is 9.59 Å². The van der Waals surface area contributed by atoms with Crippen LogP contribution in [0.4, 0.5) is 11.4 Å². The molecule has 0 saturated heterocycles. The van der Waals surface area contributed by atoms with Gasteiger partial charge in [0.05, 0.1) is 17.8 Å². The zero-order valence-corrected chi connectivity index (χ0v) is 17.0. The summed E-state index contributed by atoms with van der Waals surface area (Å²) in [6.07, 6.45) is 5.58. The summed E-state index contributed by atoms with van der Waals surface area (Å²) in [5, 5.41) is 7.64. The summed E-state index contributed by atoms with van der Waals surface area (Å²) >= 11 is 3.22. The third kappa shape index (κ3) is 5.84. The molecule has 1 aromatic heterocycles. The van der Waals surface area contributed by atoms with Crippen molar-refractivity contribution >= 4 is 52.4 Å². The Hall–Kier alpha value is -2.83. The normalized spacial score (nSPS) is 10.8. The van der Waals surface area contributed by atoms with E-state index >= 15 is 0 Å². The zero-order valence-electron chi connectivity index (χ0n) is 15.3. The summed E-state index contributed by atoms with van der Waals surface area (Å²) in [4.78, 5) is 26.7. The molecule has 0 fully saturated rings. The molecule has 28 heavy (non-hydrogen) atoms. The molecule has 0 aliphatic heterocycles. The van der Waals surface area contributed by atoms with E-state index in [0.29, 0.717) is 17.8 Å². The number of thiophene rings is 1. The molecule has 0 saturated carbocycles. The van der Waals surface area contributed by atoms with Crippen LogP contribution >= 0.6 is 23.1 Å². The van der Waals surface area contributed by atoms with Crippen LogP contribution in [0.5, 0.6) is 0 Å². The number of carbonyl (C=O) groups excluding carboxylic acids is 2. The molecule has 0 spiro atoms. The third-order valence-corrected chi connectivity index (χ3v) is 5.54. The molecule has 2 amide bonds. The first-order valence-electron chi connectivity index (χ1n) is 8.68. The minimum atomic E-state index is -0.256.